The number of rotatable bonds is 7. The average molecular weight is 462 g/mol. The summed E-state index contributed by atoms with van der Waals surface area (Å²) in [6.07, 6.45) is 5.95. The number of ether oxygens (including phenoxy) is 1. The first-order chi connectivity index (χ1) is 14.8. The lowest BCUT2D eigenvalue weighted by atomic mass is 9.71. The number of hydrogen-bond acceptors (Lipinski definition) is 7. The van der Waals surface area contributed by atoms with Crippen molar-refractivity contribution in [3.8, 4) is 12.3 Å². The molecule has 9 heteroatoms. The van der Waals surface area contributed by atoms with Gasteiger partial charge in [0.15, 0.2) is 11.2 Å². The van der Waals surface area contributed by atoms with Crippen molar-refractivity contribution in [2.75, 3.05) is 19.7 Å². The molecule has 3 atom stereocenters. The van der Waals surface area contributed by atoms with Crippen LogP contribution < -0.4 is 16.4 Å². The zero-order valence-corrected chi connectivity index (χ0v) is 18.6. The second kappa shape index (κ2) is 9.88. The molecule has 0 aromatic heterocycles. The Balaban J connectivity index is 2.16. The first kappa shape index (κ1) is 23.4. The van der Waals surface area contributed by atoms with Crippen LogP contribution in [0, 0.1) is 17.8 Å². The fourth-order valence-electron chi connectivity index (χ4n) is 3.73. The monoisotopic (exact) mass is 461 g/mol. The molecule has 3 unspecified atom stereocenters. The summed E-state index contributed by atoms with van der Waals surface area (Å²) in [7, 11) is 0. The highest BCUT2D eigenvalue weighted by Gasteiger charge is 2.62. The van der Waals surface area contributed by atoms with Gasteiger partial charge in [0.05, 0.1) is 11.1 Å². The third kappa shape index (κ3) is 4.37. The minimum atomic E-state index is -1.76. The van der Waals surface area contributed by atoms with Crippen LogP contribution in [0.15, 0.2) is 34.7 Å². The van der Waals surface area contributed by atoms with Gasteiger partial charge in [-0.25, -0.2) is 0 Å². The number of amides is 1. The van der Waals surface area contributed by atoms with E-state index in [-0.39, 0.29) is 23.6 Å². The highest BCUT2D eigenvalue weighted by Crippen LogP contribution is 2.54. The van der Waals surface area contributed by atoms with Crippen LogP contribution in [0.4, 0.5) is 0 Å². The van der Waals surface area contributed by atoms with Gasteiger partial charge in [-0.15, -0.1) is 24.1 Å². The van der Waals surface area contributed by atoms with Crippen molar-refractivity contribution in [3.63, 3.8) is 0 Å². The van der Waals surface area contributed by atoms with Gasteiger partial charge < -0.3 is 21.1 Å². The molecule has 0 fully saturated rings. The van der Waals surface area contributed by atoms with Gasteiger partial charge in [0.25, 0.3) is 0 Å². The minimum Gasteiger partial charge on any atom is -0.464 e. The zero-order chi connectivity index (χ0) is 22.6. The normalized spacial score (nSPS) is 23.5. The van der Waals surface area contributed by atoms with Crippen molar-refractivity contribution in [1.82, 2.24) is 10.6 Å². The molecule has 7 nitrogen and oxygen atoms in total. The fourth-order valence-corrected chi connectivity index (χ4v) is 5.53. The molecular formula is C22H24ClN3O4S. The number of thioether (sulfide) groups is 1. The number of esters is 1. The topological polar surface area (TPSA) is 111 Å². The van der Waals surface area contributed by atoms with E-state index in [2.05, 4.69) is 16.6 Å². The largest absolute Gasteiger partial charge is 0.464 e. The Bertz CT molecular complexity index is 972. The van der Waals surface area contributed by atoms with Gasteiger partial charge in [0, 0.05) is 23.4 Å². The smallest absolute Gasteiger partial charge is 0.327 e. The maximum atomic E-state index is 14.0. The molecule has 1 aromatic carbocycles. The Morgan fingerprint density at radius 2 is 2.19 bits per heavy atom. The molecule has 3 rings (SSSR count). The molecular weight excluding hydrogens is 438 g/mol. The first-order valence-electron chi connectivity index (χ1n) is 9.89. The van der Waals surface area contributed by atoms with Gasteiger partial charge in [0.1, 0.15) is 12.0 Å². The van der Waals surface area contributed by atoms with Crippen molar-refractivity contribution >= 4 is 41.0 Å². The Hall–Kier alpha value is -2.31. The van der Waals surface area contributed by atoms with Crippen molar-refractivity contribution in [3.05, 3.63) is 45.3 Å². The lowest BCUT2D eigenvalue weighted by molar-refractivity contribution is -0.151. The van der Waals surface area contributed by atoms with E-state index in [1.165, 1.54) is 18.7 Å². The van der Waals surface area contributed by atoms with Gasteiger partial charge >= 0.3 is 5.97 Å². The number of terminal acetylenes is 1. The summed E-state index contributed by atoms with van der Waals surface area (Å²) < 4.78 is 5.48. The molecule has 0 saturated heterocycles. The van der Waals surface area contributed by atoms with Crippen LogP contribution in [0.5, 0.6) is 0 Å². The Kier molecular flexibility index (Phi) is 7.44. The van der Waals surface area contributed by atoms with Crippen LogP contribution in [0.1, 0.15) is 30.1 Å². The van der Waals surface area contributed by atoms with E-state index in [1.807, 2.05) is 0 Å². The number of halogens is 1. The third-order valence-corrected chi connectivity index (χ3v) is 6.98. The van der Waals surface area contributed by atoms with Crippen LogP contribution in [-0.2, 0) is 14.3 Å². The minimum absolute atomic E-state index is 0.0353. The summed E-state index contributed by atoms with van der Waals surface area (Å²) >= 11 is 7.60. The van der Waals surface area contributed by atoms with Crippen LogP contribution >= 0.6 is 23.4 Å². The van der Waals surface area contributed by atoms with Crippen LogP contribution in [0.2, 0.25) is 5.02 Å². The van der Waals surface area contributed by atoms with Gasteiger partial charge in [0.2, 0.25) is 5.91 Å². The van der Waals surface area contributed by atoms with E-state index in [0.717, 1.165) is 4.91 Å². The summed E-state index contributed by atoms with van der Waals surface area (Å²) in [5.41, 5.74) is 4.81. The number of benzene rings is 1. The van der Waals surface area contributed by atoms with E-state index in [4.69, 9.17) is 28.5 Å². The molecule has 0 bridgehead atoms. The molecule has 31 heavy (non-hydrogen) atoms. The average Bonchev–Trinajstić information content (AvgIpc) is 3.08. The molecule has 0 aliphatic carbocycles. The molecule has 0 saturated carbocycles. The lowest BCUT2D eigenvalue weighted by Crippen LogP contribution is -2.57. The molecule has 0 radical (unpaired) electrons. The van der Waals surface area contributed by atoms with Gasteiger partial charge in [-0.2, -0.15) is 0 Å². The molecule has 2 heterocycles. The predicted octanol–water partition coefficient (Wildman–Crippen LogP) is 1.86. The molecule has 164 valence electrons. The highest BCUT2D eigenvalue weighted by molar-refractivity contribution is 8.04. The molecule has 1 aromatic rings. The van der Waals surface area contributed by atoms with Crippen molar-refractivity contribution < 1.29 is 19.1 Å². The maximum Gasteiger partial charge on any atom is 0.327 e. The Morgan fingerprint density at radius 1 is 1.45 bits per heavy atom. The summed E-state index contributed by atoms with van der Waals surface area (Å²) in [5.74, 6) is 0.676. The number of nitrogens with one attached hydrogen (secondary N) is 2. The summed E-state index contributed by atoms with van der Waals surface area (Å²) in [5, 5.41) is 5.33. The maximum absolute atomic E-state index is 14.0. The second-order valence-electron chi connectivity index (χ2n) is 7.33. The number of carbonyl (C=O) groups is 3. The van der Waals surface area contributed by atoms with Gasteiger partial charge in [-0.1, -0.05) is 23.7 Å². The van der Waals surface area contributed by atoms with Crippen LogP contribution in [0.3, 0.4) is 0 Å². The van der Waals surface area contributed by atoms with Crippen LogP contribution in [0.25, 0.3) is 0 Å². The first-order valence-corrected chi connectivity index (χ1v) is 11.2. The van der Waals surface area contributed by atoms with E-state index in [9.17, 15) is 14.4 Å². The number of carbonyl (C=O) groups excluding carboxylic acids is 3. The second-order valence-corrected chi connectivity index (χ2v) is 8.94. The standard InChI is InChI=1S/C22H24ClN3O4S/c1-3-4-11-30-21(29)22(18(27)14-7-5-6-8-16(14)23)15-9-10-25-12-17(15)31-20(22)26-19(28)13(2)24/h1,5-8,13,20,25H,4,9-12,24H2,2H3,(H,26,28). The van der Waals surface area contributed by atoms with E-state index in [0.29, 0.717) is 25.1 Å². The highest BCUT2D eigenvalue weighted by atomic mass is 35.5. The van der Waals surface area contributed by atoms with E-state index in [1.54, 1.807) is 24.3 Å². The molecule has 4 N–H and O–H groups in total. The number of Topliss-reactive ketones (excluding diaryl/α,β-unsaturated/α-hetero) is 1. The number of nitrogens with two attached hydrogens (primary N) is 1. The predicted molar refractivity (Wildman–Crippen MR) is 120 cm³/mol. The number of ketones is 1. The molecule has 2 aliphatic rings. The zero-order valence-electron chi connectivity index (χ0n) is 17.1. The van der Waals surface area contributed by atoms with Crippen molar-refractivity contribution in [1.29, 1.82) is 0 Å². The summed E-state index contributed by atoms with van der Waals surface area (Å²) in [6.45, 7) is 2.57. The van der Waals surface area contributed by atoms with Gasteiger partial charge in [-0.3, -0.25) is 14.4 Å². The number of hydrogen-bond donors (Lipinski definition) is 3. The van der Waals surface area contributed by atoms with Crippen molar-refractivity contribution in [2.24, 2.45) is 11.1 Å². The quantitative estimate of drug-likeness (QED) is 0.187. The van der Waals surface area contributed by atoms with E-state index >= 15 is 0 Å². The Morgan fingerprint density at radius 3 is 2.87 bits per heavy atom. The third-order valence-electron chi connectivity index (χ3n) is 5.27. The summed E-state index contributed by atoms with van der Waals surface area (Å²) in [4.78, 5) is 40.9. The SMILES string of the molecule is C#CCCOC(=O)C1(C(=O)c2ccccc2Cl)C2=C(CNCC2)SC1NC(=O)C(C)N. The van der Waals surface area contributed by atoms with Crippen LogP contribution in [-0.4, -0.2) is 48.8 Å². The van der Waals surface area contributed by atoms with Crippen molar-refractivity contribution in [2.45, 2.75) is 31.2 Å². The fraction of sp³-hybridized carbons (Fsp3) is 0.409. The Labute approximate surface area is 190 Å². The lowest BCUT2D eigenvalue weighted by Gasteiger charge is -2.35. The van der Waals surface area contributed by atoms with Gasteiger partial charge in [-0.05, 0) is 37.6 Å². The van der Waals surface area contributed by atoms with E-state index < -0.39 is 34.5 Å². The molecule has 0 spiro atoms. The summed E-state index contributed by atoms with van der Waals surface area (Å²) in [6, 6.07) is 5.70. The molecule has 2 aliphatic heterocycles. The molecule has 1 amide bonds.